The van der Waals surface area contributed by atoms with Crippen molar-refractivity contribution in [1.29, 1.82) is 0 Å². The monoisotopic (exact) mass is 435 g/mol. The largest absolute Gasteiger partial charge is 0.424 e. The SMILES string of the molecule is Cc1csc([C@@](O)(CC(=O)N2CCn3cccc3[C@@H]2c2ccccc2)C(F)(F)F)n1. The van der Waals surface area contributed by atoms with Crippen molar-refractivity contribution in [2.24, 2.45) is 0 Å². The van der Waals surface area contributed by atoms with Crippen molar-refractivity contribution in [3.63, 3.8) is 0 Å². The predicted octanol–water partition coefficient (Wildman–Crippen LogP) is 4.02. The number of fused-ring (bicyclic) bond motifs is 1. The maximum atomic E-state index is 13.9. The van der Waals surface area contributed by atoms with Crippen LogP contribution in [0.3, 0.4) is 0 Å². The van der Waals surface area contributed by atoms with Gasteiger partial charge in [-0.1, -0.05) is 30.3 Å². The lowest BCUT2D eigenvalue weighted by Crippen LogP contribution is -2.49. The van der Waals surface area contributed by atoms with E-state index in [0.29, 0.717) is 23.6 Å². The molecule has 0 fully saturated rings. The van der Waals surface area contributed by atoms with Crippen molar-refractivity contribution in [1.82, 2.24) is 14.5 Å². The predicted molar refractivity (Wildman–Crippen MR) is 106 cm³/mol. The van der Waals surface area contributed by atoms with E-state index in [0.717, 1.165) is 11.3 Å². The number of alkyl halides is 3. The molecule has 3 aromatic rings. The molecule has 30 heavy (non-hydrogen) atoms. The number of aromatic nitrogens is 2. The Bertz CT molecular complexity index is 1050. The summed E-state index contributed by atoms with van der Waals surface area (Å²) < 4.78 is 43.6. The highest BCUT2D eigenvalue weighted by atomic mass is 32.1. The van der Waals surface area contributed by atoms with Gasteiger partial charge < -0.3 is 14.6 Å². The van der Waals surface area contributed by atoms with E-state index in [9.17, 15) is 23.1 Å². The summed E-state index contributed by atoms with van der Waals surface area (Å²) in [7, 11) is 0. The van der Waals surface area contributed by atoms with Crippen LogP contribution in [0.1, 0.15) is 34.4 Å². The van der Waals surface area contributed by atoms with Gasteiger partial charge in [-0.15, -0.1) is 11.3 Å². The van der Waals surface area contributed by atoms with Gasteiger partial charge in [0.2, 0.25) is 11.5 Å². The van der Waals surface area contributed by atoms with Crippen LogP contribution < -0.4 is 0 Å². The molecule has 0 radical (unpaired) electrons. The number of rotatable bonds is 4. The Morgan fingerprint density at radius 1 is 1.20 bits per heavy atom. The van der Waals surface area contributed by atoms with E-state index in [2.05, 4.69) is 4.98 Å². The molecule has 2 atom stereocenters. The molecule has 1 N–H and O–H groups in total. The van der Waals surface area contributed by atoms with E-state index in [4.69, 9.17) is 0 Å². The Morgan fingerprint density at radius 3 is 2.57 bits per heavy atom. The summed E-state index contributed by atoms with van der Waals surface area (Å²) in [5.74, 6) is -0.774. The molecule has 0 bridgehead atoms. The third kappa shape index (κ3) is 3.52. The molecule has 9 heteroatoms. The highest BCUT2D eigenvalue weighted by Crippen LogP contribution is 2.44. The second kappa shape index (κ2) is 7.55. The average Bonchev–Trinajstić information content (AvgIpc) is 3.35. The van der Waals surface area contributed by atoms with E-state index >= 15 is 0 Å². The van der Waals surface area contributed by atoms with Crippen molar-refractivity contribution in [3.05, 3.63) is 76.0 Å². The van der Waals surface area contributed by atoms with Crippen molar-refractivity contribution >= 4 is 17.2 Å². The molecule has 2 aromatic heterocycles. The molecule has 0 spiro atoms. The minimum Gasteiger partial charge on any atom is -0.374 e. The van der Waals surface area contributed by atoms with Crippen molar-refractivity contribution in [3.8, 4) is 0 Å². The van der Waals surface area contributed by atoms with Gasteiger partial charge in [-0.2, -0.15) is 13.2 Å². The maximum absolute atomic E-state index is 13.9. The van der Waals surface area contributed by atoms with Gasteiger partial charge in [0.25, 0.3) is 0 Å². The summed E-state index contributed by atoms with van der Waals surface area (Å²) in [5, 5.41) is 11.5. The molecular formula is C21H20F3N3O2S. The average molecular weight is 435 g/mol. The van der Waals surface area contributed by atoms with E-state index < -0.39 is 35.2 Å². The van der Waals surface area contributed by atoms with Gasteiger partial charge >= 0.3 is 6.18 Å². The fourth-order valence-electron chi connectivity index (χ4n) is 3.80. The number of benzene rings is 1. The molecule has 0 saturated heterocycles. The summed E-state index contributed by atoms with van der Waals surface area (Å²) >= 11 is 0.703. The second-order valence-corrected chi connectivity index (χ2v) is 8.21. The Hall–Kier alpha value is -2.65. The molecule has 0 saturated carbocycles. The summed E-state index contributed by atoms with van der Waals surface area (Å²) in [4.78, 5) is 18.4. The lowest BCUT2D eigenvalue weighted by Gasteiger charge is -2.39. The number of nitrogens with zero attached hydrogens (tertiary/aromatic N) is 3. The highest BCUT2D eigenvalue weighted by molar-refractivity contribution is 7.09. The van der Waals surface area contributed by atoms with Crippen LogP contribution in [-0.2, 0) is 16.9 Å². The van der Waals surface area contributed by atoms with Crippen molar-refractivity contribution < 1.29 is 23.1 Å². The van der Waals surface area contributed by atoms with E-state index in [1.54, 1.807) is 6.92 Å². The topological polar surface area (TPSA) is 58.4 Å². The van der Waals surface area contributed by atoms with Crippen molar-refractivity contribution in [2.45, 2.75) is 37.7 Å². The Morgan fingerprint density at radius 2 is 1.93 bits per heavy atom. The zero-order valence-corrected chi connectivity index (χ0v) is 17.0. The van der Waals surface area contributed by atoms with Gasteiger partial charge in [0.15, 0.2) is 0 Å². The molecule has 1 aliphatic heterocycles. The Kier molecular flexibility index (Phi) is 5.19. The smallest absolute Gasteiger partial charge is 0.374 e. The number of hydrogen-bond donors (Lipinski definition) is 1. The van der Waals surface area contributed by atoms with Crippen LogP contribution in [0.4, 0.5) is 13.2 Å². The molecule has 0 aliphatic carbocycles. The van der Waals surface area contributed by atoms with Gasteiger partial charge in [0.1, 0.15) is 5.01 Å². The highest BCUT2D eigenvalue weighted by Gasteiger charge is 2.58. The van der Waals surface area contributed by atoms with Gasteiger partial charge in [-0.05, 0) is 24.6 Å². The van der Waals surface area contributed by atoms with Gasteiger partial charge in [-0.3, -0.25) is 4.79 Å². The first kappa shape index (κ1) is 20.6. The molecule has 1 amide bonds. The number of aryl methyl sites for hydroxylation is 1. The third-order valence-corrected chi connectivity index (χ3v) is 6.43. The van der Waals surface area contributed by atoms with Crippen LogP contribution in [0.5, 0.6) is 0 Å². The third-order valence-electron chi connectivity index (χ3n) is 5.32. The molecule has 1 aliphatic rings. The second-order valence-electron chi connectivity index (χ2n) is 7.36. The summed E-state index contributed by atoms with van der Waals surface area (Å²) in [6, 6.07) is 12.3. The fourth-order valence-corrected chi connectivity index (χ4v) is 4.71. The first-order valence-electron chi connectivity index (χ1n) is 9.42. The molecule has 4 rings (SSSR count). The molecular weight excluding hydrogens is 415 g/mol. The summed E-state index contributed by atoms with van der Waals surface area (Å²) in [5.41, 5.74) is -1.35. The summed E-state index contributed by atoms with van der Waals surface area (Å²) in [6.07, 6.45) is -4.27. The van der Waals surface area contributed by atoms with Crippen LogP contribution in [0.15, 0.2) is 54.0 Å². The fraction of sp³-hybridized carbons (Fsp3) is 0.333. The zero-order chi connectivity index (χ0) is 21.5. The van der Waals surface area contributed by atoms with Crippen LogP contribution in [0.25, 0.3) is 0 Å². The quantitative estimate of drug-likeness (QED) is 0.673. The number of carbonyl (C=O) groups is 1. The normalized spacial score (nSPS) is 18.7. The first-order valence-corrected chi connectivity index (χ1v) is 10.3. The number of thiazole rings is 1. The number of amides is 1. The van der Waals surface area contributed by atoms with E-state index in [1.165, 1.54) is 10.3 Å². The Labute approximate surface area is 175 Å². The van der Waals surface area contributed by atoms with Crippen LogP contribution >= 0.6 is 11.3 Å². The van der Waals surface area contributed by atoms with Gasteiger partial charge in [0, 0.05) is 36.1 Å². The standard InChI is InChI=1S/C21H20F3N3O2S/c1-14-13-30-19(25-14)20(29,21(22,23)24)12-17(28)27-11-10-26-9-5-8-16(26)18(27)15-6-3-2-4-7-15/h2-9,13,18,29H,10-12H2,1H3/t18-,20-/m0/s1. The van der Waals surface area contributed by atoms with E-state index in [-0.39, 0.29) is 6.54 Å². The number of hydrogen-bond acceptors (Lipinski definition) is 4. The molecule has 5 nitrogen and oxygen atoms in total. The minimum absolute atomic E-state index is 0.241. The molecule has 3 heterocycles. The van der Waals surface area contributed by atoms with Crippen LogP contribution in [-0.4, -0.2) is 38.2 Å². The molecule has 0 unspecified atom stereocenters. The summed E-state index contributed by atoms with van der Waals surface area (Å²) in [6.45, 7) is 2.26. The van der Waals surface area contributed by atoms with Gasteiger partial charge in [-0.25, -0.2) is 4.98 Å². The number of aliphatic hydroxyl groups is 1. The molecule has 1 aromatic carbocycles. The van der Waals surface area contributed by atoms with Gasteiger partial charge in [0.05, 0.1) is 12.5 Å². The lowest BCUT2D eigenvalue weighted by molar-refractivity contribution is -0.268. The Balaban J connectivity index is 1.70. The number of carbonyl (C=O) groups excluding carboxylic acids is 1. The number of halogens is 3. The minimum atomic E-state index is -5.04. The zero-order valence-electron chi connectivity index (χ0n) is 16.1. The maximum Gasteiger partial charge on any atom is 0.424 e. The van der Waals surface area contributed by atoms with Crippen LogP contribution in [0.2, 0.25) is 0 Å². The van der Waals surface area contributed by atoms with Crippen LogP contribution in [0, 0.1) is 6.92 Å². The lowest BCUT2D eigenvalue weighted by atomic mass is 9.95. The van der Waals surface area contributed by atoms with Crippen molar-refractivity contribution in [2.75, 3.05) is 6.54 Å². The van der Waals surface area contributed by atoms with E-state index in [1.807, 2.05) is 53.2 Å². The first-order chi connectivity index (χ1) is 14.2. The molecule has 158 valence electrons.